The van der Waals surface area contributed by atoms with Crippen LogP contribution in [0.3, 0.4) is 0 Å². The molecule has 0 spiro atoms. The summed E-state index contributed by atoms with van der Waals surface area (Å²) in [5.74, 6) is -0.465. The summed E-state index contributed by atoms with van der Waals surface area (Å²) in [6.07, 6.45) is 6.76. The number of benzene rings is 1. The summed E-state index contributed by atoms with van der Waals surface area (Å²) < 4.78 is 1.68. The number of pyridine rings is 1. The molecular weight excluding hydrogens is 312 g/mol. The van der Waals surface area contributed by atoms with Crippen molar-refractivity contribution in [3.8, 4) is 5.69 Å². The number of anilines is 1. The van der Waals surface area contributed by atoms with Crippen LogP contribution >= 0.6 is 11.6 Å². The second-order valence-electron chi connectivity index (χ2n) is 5.11. The number of carbonyl (C=O) groups excluding carboxylic acids is 1. The molecule has 0 bridgehead atoms. The first kappa shape index (κ1) is 15.2. The summed E-state index contributed by atoms with van der Waals surface area (Å²) in [7, 11) is 0. The predicted octanol–water partition coefficient (Wildman–Crippen LogP) is 3.66. The number of rotatable bonds is 4. The fourth-order valence-corrected chi connectivity index (χ4v) is 2.46. The molecule has 1 amide bonds. The highest BCUT2D eigenvalue weighted by atomic mass is 35.5. The van der Waals surface area contributed by atoms with Crippen molar-refractivity contribution in [2.24, 2.45) is 0 Å². The molecule has 1 unspecified atom stereocenters. The van der Waals surface area contributed by atoms with E-state index in [1.807, 2.05) is 31.3 Å². The van der Waals surface area contributed by atoms with Gasteiger partial charge in [-0.3, -0.25) is 9.78 Å². The SMILES string of the molecule is CC(C(=O)Nc1cnccc1-n1cccn1)c1cccc(Cl)c1. The fraction of sp³-hybridized carbons (Fsp3) is 0.118. The van der Waals surface area contributed by atoms with Crippen molar-refractivity contribution in [1.29, 1.82) is 0 Å². The third kappa shape index (κ3) is 3.40. The Hall–Kier alpha value is -2.66. The van der Waals surface area contributed by atoms with Crippen molar-refractivity contribution < 1.29 is 4.79 Å². The molecule has 0 aliphatic rings. The van der Waals surface area contributed by atoms with Crippen LogP contribution in [-0.2, 0) is 4.79 Å². The van der Waals surface area contributed by atoms with E-state index in [-0.39, 0.29) is 11.8 Å². The third-order valence-electron chi connectivity index (χ3n) is 3.55. The highest BCUT2D eigenvalue weighted by Gasteiger charge is 2.17. The minimum absolute atomic E-state index is 0.131. The number of hydrogen-bond donors (Lipinski definition) is 1. The molecule has 116 valence electrons. The number of halogens is 1. The van der Waals surface area contributed by atoms with Crippen molar-refractivity contribution in [3.05, 3.63) is 71.8 Å². The van der Waals surface area contributed by atoms with Crippen molar-refractivity contribution in [2.45, 2.75) is 12.8 Å². The van der Waals surface area contributed by atoms with E-state index < -0.39 is 0 Å². The minimum atomic E-state index is -0.334. The first-order valence-electron chi connectivity index (χ1n) is 7.15. The van der Waals surface area contributed by atoms with E-state index in [1.165, 1.54) is 0 Å². The third-order valence-corrected chi connectivity index (χ3v) is 3.78. The van der Waals surface area contributed by atoms with Gasteiger partial charge in [0.05, 0.1) is 23.5 Å². The Morgan fingerprint density at radius 1 is 1.26 bits per heavy atom. The van der Waals surface area contributed by atoms with Gasteiger partial charge >= 0.3 is 0 Å². The first-order chi connectivity index (χ1) is 11.1. The molecule has 0 fully saturated rings. The van der Waals surface area contributed by atoms with Gasteiger partial charge < -0.3 is 5.32 Å². The summed E-state index contributed by atoms with van der Waals surface area (Å²) in [4.78, 5) is 16.6. The van der Waals surface area contributed by atoms with Crippen molar-refractivity contribution >= 4 is 23.2 Å². The maximum absolute atomic E-state index is 12.5. The van der Waals surface area contributed by atoms with Gasteiger partial charge in [0.1, 0.15) is 0 Å². The molecule has 6 heteroatoms. The van der Waals surface area contributed by atoms with Gasteiger partial charge in [-0.15, -0.1) is 0 Å². The Labute approximate surface area is 138 Å². The monoisotopic (exact) mass is 326 g/mol. The minimum Gasteiger partial charge on any atom is -0.322 e. The van der Waals surface area contributed by atoms with E-state index in [0.717, 1.165) is 11.3 Å². The number of hydrogen-bond acceptors (Lipinski definition) is 3. The quantitative estimate of drug-likeness (QED) is 0.796. The number of nitrogens with one attached hydrogen (secondary N) is 1. The topological polar surface area (TPSA) is 59.8 Å². The van der Waals surface area contributed by atoms with Crippen LogP contribution in [0.4, 0.5) is 5.69 Å². The molecule has 0 aliphatic carbocycles. The van der Waals surface area contributed by atoms with Crippen LogP contribution in [-0.4, -0.2) is 20.7 Å². The summed E-state index contributed by atoms with van der Waals surface area (Å²) in [6.45, 7) is 1.84. The lowest BCUT2D eigenvalue weighted by atomic mass is 10.0. The Morgan fingerprint density at radius 2 is 2.13 bits per heavy atom. The second-order valence-corrected chi connectivity index (χ2v) is 5.55. The van der Waals surface area contributed by atoms with E-state index >= 15 is 0 Å². The highest BCUT2D eigenvalue weighted by Crippen LogP contribution is 2.23. The Kier molecular flexibility index (Phi) is 4.39. The number of aromatic nitrogens is 3. The van der Waals surface area contributed by atoms with Crippen LogP contribution in [0, 0.1) is 0 Å². The van der Waals surface area contributed by atoms with Gasteiger partial charge in [0.25, 0.3) is 0 Å². The Balaban J connectivity index is 1.84. The molecule has 0 saturated heterocycles. The first-order valence-corrected chi connectivity index (χ1v) is 7.53. The van der Waals surface area contributed by atoms with Gasteiger partial charge in [0, 0.05) is 23.6 Å². The van der Waals surface area contributed by atoms with E-state index in [1.54, 1.807) is 41.5 Å². The summed E-state index contributed by atoms with van der Waals surface area (Å²) in [5, 5.41) is 7.71. The highest BCUT2D eigenvalue weighted by molar-refractivity contribution is 6.30. The summed E-state index contributed by atoms with van der Waals surface area (Å²) in [5.41, 5.74) is 2.23. The Bertz CT molecular complexity index is 817. The fourth-order valence-electron chi connectivity index (χ4n) is 2.26. The van der Waals surface area contributed by atoms with Gasteiger partial charge in [-0.25, -0.2) is 4.68 Å². The standard InChI is InChI=1S/C17H15ClN4O/c1-12(13-4-2-5-14(18)10-13)17(23)21-15-11-19-8-6-16(15)22-9-3-7-20-22/h2-12H,1H3,(H,21,23). The molecule has 2 heterocycles. The lowest BCUT2D eigenvalue weighted by Gasteiger charge is -2.15. The van der Waals surface area contributed by atoms with E-state index in [9.17, 15) is 4.79 Å². The van der Waals surface area contributed by atoms with Crippen LogP contribution in [0.25, 0.3) is 5.69 Å². The van der Waals surface area contributed by atoms with Crippen molar-refractivity contribution in [1.82, 2.24) is 14.8 Å². The number of nitrogens with zero attached hydrogens (tertiary/aromatic N) is 3. The van der Waals surface area contributed by atoms with Gasteiger partial charge in [-0.2, -0.15) is 5.10 Å². The molecular formula is C17H15ClN4O. The molecule has 5 nitrogen and oxygen atoms in total. The predicted molar refractivity (Wildman–Crippen MR) is 89.9 cm³/mol. The smallest absolute Gasteiger partial charge is 0.231 e. The van der Waals surface area contributed by atoms with Crippen LogP contribution in [0.2, 0.25) is 5.02 Å². The molecule has 23 heavy (non-hydrogen) atoms. The van der Waals surface area contributed by atoms with Crippen molar-refractivity contribution in [3.63, 3.8) is 0 Å². The average molecular weight is 327 g/mol. The zero-order valence-electron chi connectivity index (χ0n) is 12.5. The molecule has 1 N–H and O–H groups in total. The van der Waals surface area contributed by atoms with Gasteiger partial charge in [-0.05, 0) is 36.8 Å². The lowest BCUT2D eigenvalue weighted by molar-refractivity contribution is -0.117. The molecule has 0 saturated carbocycles. The largest absolute Gasteiger partial charge is 0.322 e. The van der Waals surface area contributed by atoms with Gasteiger partial charge in [0.15, 0.2) is 0 Å². The van der Waals surface area contributed by atoms with Gasteiger partial charge in [-0.1, -0.05) is 23.7 Å². The van der Waals surface area contributed by atoms with Crippen LogP contribution < -0.4 is 5.32 Å². The molecule has 1 atom stereocenters. The summed E-state index contributed by atoms with van der Waals surface area (Å²) >= 11 is 5.99. The molecule has 0 aliphatic heterocycles. The number of carbonyl (C=O) groups is 1. The normalized spacial score (nSPS) is 11.9. The average Bonchev–Trinajstić information content (AvgIpc) is 3.09. The van der Waals surface area contributed by atoms with Crippen LogP contribution in [0.5, 0.6) is 0 Å². The maximum atomic E-state index is 12.5. The number of amides is 1. The van der Waals surface area contributed by atoms with Crippen LogP contribution in [0.15, 0.2) is 61.2 Å². The Morgan fingerprint density at radius 3 is 2.87 bits per heavy atom. The van der Waals surface area contributed by atoms with E-state index in [2.05, 4.69) is 15.4 Å². The molecule has 2 aromatic heterocycles. The molecule has 1 aromatic carbocycles. The zero-order valence-corrected chi connectivity index (χ0v) is 13.2. The molecule has 3 aromatic rings. The van der Waals surface area contributed by atoms with Gasteiger partial charge in [0.2, 0.25) is 5.91 Å². The van der Waals surface area contributed by atoms with Crippen LogP contribution in [0.1, 0.15) is 18.4 Å². The zero-order chi connectivity index (χ0) is 16.2. The van der Waals surface area contributed by atoms with E-state index in [4.69, 9.17) is 11.6 Å². The maximum Gasteiger partial charge on any atom is 0.231 e. The van der Waals surface area contributed by atoms with Crippen molar-refractivity contribution in [2.75, 3.05) is 5.32 Å². The molecule has 3 rings (SSSR count). The summed E-state index contributed by atoms with van der Waals surface area (Å²) in [6, 6.07) is 10.9. The second kappa shape index (κ2) is 6.62. The lowest BCUT2D eigenvalue weighted by Crippen LogP contribution is -2.20. The molecule has 0 radical (unpaired) electrons. The van der Waals surface area contributed by atoms with E-state index in [0.29, 0.717) is 10.7 Å².